The molecule has 5 rings (SSSR count). The van der Waals surface area contributed by atoms with E-state index in [4.69, 9.17) is 25.5 Å². The second-order valence-corrected chi connectivity index (χ2v) is 8.80. The van der Waals surface area contributed by atoms with Crippen molar-refractivity contribution in [2.75, 3.05) is 68.8 Å². The van der Waals surface area contributed by atoms with E-state index in [1.54, 1.807) is 19.3 Å². The van der Waals surface area contributed by atoms with Gasteiger partial charge in [-0.05, 0) is 42.3 Å². The highest BCUT2D eigenvalue weighted by atomic mass is 16.5. The van der Waals surface area contributed by atoms with Gasteiger partial charge in [0.15, 0.2) is 17.5 Å². The summed E-state index contributed by atoms with van der Waals surface area (Å²) in [5, 5.41) is 7.00. The fraction of sp³-hybridized carbons (Fsp3) is 0.357. The fourth-order valence-electron chi connectivity index (χ4n) is 4.87. The van der Waals surface area contributed by atoms with Crippen LogP contribution in [-0.2, 0) is 4.74 Å². The van der Waals surface area contributed by atoms with Crippen LogP contribution in [0.1, 0.15) is 24.2 Å². The van der Waals surface area contributed by atoms with Crippen LogP contribution in [0.15, 0.2) is 59.9 Å². The van der Waals surface area contributed by atoms with Crippen LogP contribution in [0.4, 0.5) is 17.3 Å². The van der Waals surface area contributed by atoms with Gasteiger partial charge in [0.05, 0.1) is 13.2 Å². The van der Waals surface area contributed by atoms with Crippen molar-refractivity contribution in [1.82, 2.24) is 15.0 Å². The summed E-state index contributed by atoms with van der Waals surface area (Å²) in [4.78, 5) is 25.4. The summed E-state index contributed by atoms with van der Waals surface area (Å²) in [6.45, 7) is 5.89. The molecule has 0 aliphatic carbocycles. The highest BCUT2D eigenvalue weighted by Crippen LogP contribution is 2.49. The third-order valence-corrected chi connectivity index (χ3v) is 6.65. The number of morpholine rings is 1. The van der Waals surface area contributed by atoms with Crippen molar-refractivity contribution in [3.05, 3.63) is 66.0 Å². The lowest BCUT2D eigenvalue weighted by molar-refractivity contribution is 0.122. The Kier molecular flexibility index (Phi) is 8.88. The number of nitrogens with zero attached hydrogens (tertiary/aromatic N) is 7. The number of hydrogen-bond donors (Lipinski definition) is 2. The van der Waals surface area contributed by atoms with Gasteiger partial charge in [0.25, 0.3) is 0 Å². The lowest BCUT2D eigenvalue weighted by Gasteiger charge is -2.32. The van der Waals surface area contributed by atoms with E-state index in [-0.39, 0.29) is 6.17 Å². The number of nitrogens with two attached hydrogens (primary N) is 1. The number of aliphatic hydroxyl groups is 1. The average molecular weight is 517 g/mol. The van der Waals surface area contributed by atoms with Gasteiger partial charge in [-0.15, -0.1) is 0 Å². The van der Waals surface area contributed by atoms with E-state index in [0.29, 0.717) is 24.7 Å². The van der Waals surface area contributed by atoms with Crippen LogP contribution in [0, 0.1) is 0 Å². The van der Waals surface area contributed by atoms with Crippen molar-refractivity contribution in [1.29, 1.82) is 0 Å². The Morgan fingerprint density at radius 1 is 1.13 bits per heavy atom. The number of ether oxygens (including phenoxy) is 1. The quantitative estimate of drug-likeness (QED) is 0.477. The van der Waals surface area contributed by atoms with Crippen molar-refractivity contribution in [3.8, 4) is 11.4 Å². The van der Waals surface area contributed by atoms with Crippen molar-refractivity contribution in [2.45, 2.75) is 13.1 Å². The molecule has 1 atom stereocenters. The number of hydrogen-bond acceptors (Lipinski definition) is 10. The Labute approximate surface area is 224 Å². The molecule has 2 aliphatic heterocycles. The van der Waals surface area contributed by atoms with Gasteiger partial charge < -0.3 is 30.3 Å². The minimum atomic E-state index is 0.00980. The summed E-state index contributed by atoms with van der Waals surface area (Å²) in [5.41, 5.74) is 11.0. The lowest BCUT2D eigenvalue weighted by Crippen LogP contribution is -2.38. The van der Waals surface area contributed by atoms with Crippen molar-refractivity contribution in [3.63, 3.8) is 0 Å². The summed E-state index contributed by atoms with van der Waals surface area (Å²) < 4.78 is 5.64. The molecule has 4 heterocycles. The largest absolute Gasteiger partial charge is 0.400 e. The average Bonchev–Trinajstić information content (AvgIpc) is 3.28. The van der Waals surface area contributed by atoms with E-state index in [1.165, 1.54) is 5.56 Å². The maximum Gasteiger partial charge on any atom is 0.164 e. The topological polar surface area (TPSA) is 116 Å². The van der Waals surface area contributed by atoms with E-state index < -0.39 is 0 Å². The number of fused-ring (bicyclic) bond motifs is 1. The predicted molar refractivity (Wildman–Crippen MR) is 154 cm³/mol. The lowest BCUT2D eigenvalue weighted by atomic mass is 10.1. The molecule has 10 nitrogen and oxygen atoms in total. The Balaban J connectivity index is 0.00000164. The molecule has 3 aromatic rings. The molecule has 0 bridgehead atoms. The van der Waals surface area contributed by atoms with Crippen LogP contribution in [0.25, 0.3) is 17.1 Å². The molecule has 1 fully saturated rings. The number of aliphatic hydroxyl groups excluding tert-OH is 1. The van der Waals surface area contributed by atoms with Crippen molar-refractivity contribution >= 4 is 29.2 Å². The number of pyridine rings is 1. The van der Waals surface area contributed by atoms with Gasteiger partial charge in [0.1, 0.15) is 11.9 Å². The molecule has 200 valence electrons. The minimum Gasteiger partial charge on any atom is -0.400 e. The number of allylic oxidation sites excluding steroid dienone is 1. The van der Waals surface area contributed by atoms with Gasteiger partial charge in [-0.2, -0.15) is 0 Å². The Morgan fingerprint density at radius 2 is 1.84 bits per heavy atom. The second kappa shape index (κ2) is 12.5. The first-order valence-corrected chi connectivity index (χ1v) is 12.7. The normalized spacial score (nSPS) is 17.4. The molecule has 2 aromatic heterocycles. The zero-order chi connectivity index (χ0) is 27.1. The molecule has 2 aliphatic rings. The maximum atomic E-state index is 7.00. The van der Waals surface area contributed by atoms with E-state index in [2.05, 4.69) is 50.8 Å². The Hall–Kier alpha value is -4.02. The number of anilines is 3. The molecule has 0 spiro atoms. The summed E-state index contributed by atoms with van der Waals surface area (Å²) in [7, 11) is 4.84. The third-order valence-electron chi connectivity index (χ3n) is 6.65. The van der Waals surface area contributed by atoms with Crippen molar-refractivity contribution < 1.29 is 9.84 Å². The maximum absolute atomic E-state index is 7.00. The predicted octanol–water partition coefficient (Wildman–Crippen LogP) is 2.96. The molecule has 0 saturated carbocycles. The summed E-state index contributed by atoms with van der Waals surface area (Å²) >= 11 is 0. The number of aliphatic imine (C=N–C) groups is 1. The van der Waals surface area contributed by atoms with Gasteiger partial charge in [-0.25, -0.2) is 9.97 Å². The first-order valence-electron chi connectivity index (χ1n) is 12.7. The molecule has 10 heteroatoms. The Bertz CT molecular complexity index is 1280. The van der Waals surface area contributed by atoms with Crippen LogP contribution < -0.4 is 20.4 Å². The first kappa shape index (κ1) is 27.0. The molecular weight excluding hydrogens is 480 g/mol. The summed E-state index contributed by atoms with van der Waals surface area (Å²) in [6.07, 6.45) is 7.18. The van der Waals surface area contributed by atoms with Crippen LogP contribution >= 0.6 is 0 Å². The first-order chi connectivity index (χ1) is 18.6. The molecule has 1 saturated heterocycles. The molecule has 0 radical (unpaired) electrons. The highest BCUT2D eigenvalue weighted by Gasteiger charge is 2.39. The molecule has 38 heavy (non-hydrogen) atoms. The monoisotopic (exact) mass is 516 g/mol. The van der Waals surface area contributed by atoms with E-state index >= 15 is 0 Å². The van der Waals surface area contributed by atoms with Crippen molar-refractivity contribution in [2.24, 2.45) is 10.7 Å². The van der Waals surface area contributed by atoms with Crippen LogP contribution in [-0.4, -0.2) is 80.3 Å². The van der Waals surface area contributed by atoms with Crippen LogP contribution in [0.2, 0.25) is 0 Å². The van der Waals surface area contributed by atoms with E-state index in [0.717, 1.165) is 55.2 Å². The van der Waals surface area contributed by atoms with Gasteiger partial charge in [0, 0.05) is 70.7 Å². The van der Waals surface area contributed by atoms with E-state index in [1.807, 2.05) is 36.7 Å². The third kappa shape index (κ3) is 5.32. The highest BCUT2D eigenvalue weighted by molar-refractivity contribution is 5.87. The van der Waals surface area contributed by atoms with Gasteiger partial charge in [0.2, 0.25) is 0 Å². The smallest absolute Gasteiger partial charge is 0.164 e. The molecule has 1 unspecified atom stereocenters. The van der Waals surface area contributed by atoms with Gasteiger partial charge in [-0.1, -0.05) is 18.2 Å². The number of aromatic nitrogens is 3. The standard InChI is InChI=1S/C27H32N8O.CH4O/c1-4-35-26-23(33(3)27(35)19-8-12-30-13-9-19)25(34-14-16-36-17-15-34)31-24(32-26)21-7-5-6-20(18-21)22(28)10-11-29-2;1-2/h5-13,18,27H,4,14-17,28H2,1-3H3;2H,1H3/b22-10-,29-11?;. The molecule has 0 amide bonds. The number of rotatable bonds is 6. The molecular formula is C28H36N8O2. The van der Waals surface area contributed by atoms with Crippen LogP contribution in [0.3, 0.4) is 0 Å². The van der Waals surface area contributed by atoms with Crippen LogP contribution in [0.5, 0.6) is 0 Å². The SMILES string of the molecule is CCN1c2nc(-c3cccc(/C(N)=C/C=NC)c3)nc(N3CCOCC3)c2N(C)C1c1ccncc1.CO. The fourth-order valence-corrected chi connectivity index (χ4v) is 4.87. The second-order valence-electron chi connectivity index (χ2n) is 8.80. The van der Waals surface area contributed by atoms with Gasteiger partial charge >= 0.3 is 0 Å². The molecule has 3 N–H and O–H groups in total. The minimum absolute atomic E-state index is 0.00980. The molecule has 1 aromatic carbocycles. The number of benzene rings is 1. The Morgan fingerprint density at radius 3 is 2.53 bits per heavy atom. The van der Waals surface area contributed by atoms with E-state index in [9.17, 15) is 0 Å². The summed E-state index contributed by atoms with van der Waals surface area (Å²) in [6, 6.07) is 12.2. The summed E-state index contributed by atoms with van der Waals surface area (Å²) in [5.74, 6) is 2.54. The van der Waals surface area contributed by atoms with Gasteiger partial charge in [-0.3, -0.25) is 9.98 Å². The zero-order valence-corrected chi connectivity index (χ0v) is 22.4. The zero-order valence-electron chi connectivity index (χ0n) is 22.4.